The highest BCUT2D eigenvalue weighted by molar-refractivity contribution is 5.92. The molecule has 1 amide bonds. The zero-order valence-electron chi connectivity index (χ0n) is 10.2. The molecule has 98 valence electrons. The van der Waals surface area contributed by atoms with E-state index in [1.54, 1.807) is 6.92 Å². The smallest absolute Gasteiger partial charge is 0.228 e. The SMILES string of the molecule is Cc1ccc(NC(=O)C(C)CN)c(C)n1.Cl.Cl. The Bertz CT molecular complexity index is 372. The van der Waals surface area contributed by atoms with Gasteiger partial charge in [-0.2, -0.15) is 0 Å². The minimum atomic E-state index is -0.175. The van der Waals surface area contributed by atoms with Crippen LogP contribution in [0.15, 0.2) is 12.1 Å². The minimum absolute atomic E-state index is 0. The number of nitrogens with one attached hydrogen (secondary N) is 1. The number of carbonyl (C=O) groups excluding carboxylic acids is 1. The molecule has 17 heavy (non-hydrogen) atoms. The molecule has 1 aromatic rings. The van der Waals surface area contributed by atoms with Crippen LogP contribution in [0.4, 0.5) is 5.69 Å². The molecule has 0 spiro atoms. The third-order valence-corrected chi connectivity index (χ3v) is 2.28. The Morgan fingerprint density at radius 3 is 2.47 bits per heavy atom. The molecule has 0 saturated carbocycles. The van der Waals surface area contributed by atoms with Crippen LogP contribution in [0.25, 0.3) is 0 Å². The van der Waals surface area contributed by atoms with E-state index in [0.29, 0.717) is 6.54 Å². The highest BCUT2D eigenvalue weighted by Crippen LogP contribution is 2.13. The molecule has 1 heterocycles. The summed E-state index contributed by atoms with van der Waals surface area (Å²) in [6, 6.07) is 3.73. The molecule has 1 unspecified atom stereocenters. The fourth-order valence-corrected chi connectivity index (χ4v) is 1.18. The van der Waals surface area contributed by atoms with Crippen molar-refractivity contribution < 1.29 is 4.79 Å². The van der Waals surface area contributed by atoms with Crippen molar-refractivity contribution in [2.75, 3.05) is 11.9 Å². The number of nitrogens with zero attached hydrogens (tertiary/aromatic N) is 1. The summed E-state index contributed by atoms with van der Waals surface area (Å²) in [6.45, 7) is 5.94. The number of nitrogens with two attached hydrogens (primary N) is 1. The Morgan fingerprint density at radius 2 is 2.00 bits per heavy atom. The van der Waals surface area contributed by atoms with Gasteiger partial charge in [-0.15, -0.1) is 24.8 Å². The van der Waals surface area contributed by atoms with E-state index in [2.05, 4.69) is 10.3 Å². The van der Waals surface area contributed by atoms with Crippen LogP contribution >= 0.6 is 24.8 Å². The highest BCUT2D eigenvalue weighted by atomic mass is 35.5. The van der Waals surface area contributed by atoms with Crippen molar-refractivity contribution in [3.05, 3.63) is 23.5 Å². The number of aryl methyl sites for hydroxylation is 2. The predicted octanol–water partition coefficient (Wildman–Crippen LogP) is 2.08. The van der Waals surface area contributed by atoms with Gasteiger partial charge in [0.2, 0.25) is 5.91 Å². The van der Waals surface area contributed by atoms with E-state index in [0.717, 1.165) is 17.1 Å². The first-order valence-electron chi connectivity index (χ1n) is 4.99. The van der Waals surface area contributed by atoms with E-state index in [1.807, 2.05) is 26.0 Å². The number of amides is 1. The first kappa shape index (κ1) is 18.5. The van der Waals surface area contributed by atoms with E-state index in [4.69, 9.17) is 5.73 Å². The second-order valence-corrected chi connectivity index (χ2v) is 3.71. The summed E-state index contributed by atoms with van der Waals surface area (Å²) < 4.78 is 0. The van der Waals surface area contributed by atoms with E-state index >= 15 is 0 Å². The predicted molar refractivity (Wildman–Crippen MR) is 75.1 cm³/mol. The molecule has 1 aromatic heterocycles. The molecule has 1 rings (SSSR count). The highest BCUT2D eigenvalue weighted by Gasteiger charge is 2.11. The van der Waals surface area contributed by atoms with E-state index in [-0.39, 0.29) is 36.6 Å². The molecule has 0 aliphatic heterocycles. The monoisotopic (exact) mass is 279 g/mol. The Hall–Kier alpha value is -0.840. The molecule has 3 N–H and O–H groups in total. The maximum Gasteiger partial charge on any atom is 0.228 e. The maximum absolute atomic E-state index is 11.6. The molecule has 0 saturated heterocycles. The van der Waals surface area contributed by atoms with Crippen LogP contribution < -0.4 is 11.1 Å². The lowest BCUT2D eigenvalue weighted by molar-refractivity contribution is -0.119. The van der Waals surface area contributed by atoms with Gasteiger partial charge in [0.15, 0.2) is 0 Å². The summed E-state index contributed by atoms with van der Waals surface area (Å²) in [5, 5.41) is 2.81. The largest absolute Gasteiger partial charge is 0.330 e. The van der Waals surface area contributed by atoms with E-state index in [1.165, 1.54) is 0 Å². The Morgan fingerprint density at radius 1 is 1.41 bits per heavy atom. The Labute approximate surface area is 114 Å². The van der Waals surface area contributed by atoms with Gasteiger partial charge in [0.05, 0.1) is 11.4 Å². The lowest BCUT2D eigenvalue weighted by atomic mass is 10.1. The summed E-state index contributed by atoms with van der Waals surface area (Å²) in [5.74, 6) is -0.239. The summed E-state index contributed by atoms with van der Waals surface area (Å²) in [6.07, 6.45) is 0. The summed E-state index contributed by atoms with van der Waals surface area (Å²) >= 11 is 0. The number of anilines is 1. The molecule has 1 atom stereocenters. The third-order valence-electron chi connectivity index (χ3n) is 2.28. The molecular weight excluding hydrogens is 261 g/mol. The van der Waals surface area contributed by atoms with Crippen LogP contribution in [0.5, 0.6) is 0 Å². The number of rotatable bonds is 3. The van der Waals surface area contributed by atoms with Crippen LogP contribution in [0, 0.1) is 19.8 Å². The van der Waals surface area contributed by atoms with Gasteiger partial charge in [-0.3, -0.25) is 9.78 Å². The topological polar surface area (TPSA) is 68.0 Å². The Balaban J connectivity index is 0. The maximum atomic E-state index is 11.6. The van der Waals surface area contributed by atoms with Gasteiger partial charge in [-0.25, -0.2) is 0 Å². The van der Waals surface area contributed by atoms with Crippen molar-refractivity contribution in [1.82, 2.24) is 4.98 Å². The number of halogens is 2. The van der Waals surface area contributed by atoms with Crippen LogP contribution in [0.2, 0.25) is 0 Å². The second kappa shape index (κ2) is 8.28. The lowest BCUT2D eigenvalue weighted by Crippen LogP contribution is -2.27. The first-order valence-corrected chi connectivity index (χ1v) is 4.99. The number of carbonyl (C=O) groups is 1. The van der Waals surface area contributed by atoms with Gasteiger partial charge >= 0.3 is 0 Å². The zero-order valence-corrected chi connectivity index (χ0v) is 11.8. The van der Waals surface area contributed by atoms with Crippen molar-refractivity contribution >= 4 is 36.4 Å². The standard InChI is InChI=1S/C11H17N3O.2ClH/c1-7(6-12)11(15)14-10-5-4-8(2)13-9(10)3;;/h4-5,7H,6,12H2,1-3H3,(H,14,15);2*1H. The van der Waals surface area contributed by atoms with Crippen LogP contribution in [0.3, 0.4) is 0 Å². The normalized spacial score (nSPS) is 10.8. The van der Waals surface area contributed by atoms with E-state index in [9.17, 15) is 4.79 Å². The van der Waals surface area contributed by atoms with Crippen molar-refractivity contribution in [1.29, 1.82) is 0 Å². The van der Waals surface area contributed by atoms with Gasteiger partial charge in [-0.1, -0.05) is 6.92 Å². The number of aromatic nitrogens is 1. The molecular formula is C11H19Cl2N3O. The Kier molecular flexibility index (Phi) is 9.02. The fraction of sp³-hybridized carbons (Fsp3) is 0.455. The molecule has 0 aliphatic carbocycles. The zero-order chi connectivity index (χ0) is 11.4. The van der Waals surface area contributed by atoms with Gasteiger partial charge in [-0.05, 0) is 26.0 Å². The minimum Gasteiger partial charge on any atom is -0.330 e. The van der Waals surface area contributed by atoms with Gasteiger partial charge in [0.1, 0.15) is 0 Å². The molecule has 0 aromatic carbocycles. The molecule has 4 nitrogen and oxygen atoms in total. The van der Waals surface area contributed by atoms with Crippen molar-refractivity contribution in [3.63, 3.8) is 0 Å². The van der Waals surface area contributed by atoms with Crippen LogP contribution in [-0.2, 0) is 4.79 Å². The van der Waals surface area contributed by atoms with Crippen LogP contribution in [0.1, 0.15) is 18.3 Å². The van der Waals surface area contributed by atoms with Crippen molar-refractivity contribution in [3.8, 4) is 0 Å². The fourth-order valence-electron chi connectivity index (χ4n) is 1.18. The lowest BCUT2D eigenvalue weighted by Gasteiger charge is -2.11. The average molecular weight is 280 g/mol. The van der Waals surface area contributed by atoms with Gasteiger partial charge in [0, 0.05) is 18.2 Å². The molecule has 0 radical (unpaired) electrons. The molecule has 0 aliphatic rings. The van der Waals surface area contributed by atoms with Crippen molar-refractivity contribution in [2.24, 2.45) is 11.7 Å². The van der Waals surface area contributed by atoms with Gasteiger partial charge in [0.25, 0.3) is 0 Å². The van der Waals surface area contributed by atoms with E-state index < -0.39 is 0 Å². The second-order valence-electron chi connectivity index (χ2n) is 3.71. The quantitative estimate of drug-likeness (QED) is 0.890. The number of hydrogen-bond donors (Lipinski definition) is 2. The average Bonchev–Trinajstić information content (AvgIpc) is 2.20. The molecule has 6 heteroatoms. The van der Waals surface area contributed by atoms with Gasteiger partial charge < -0.3 is 11.1 Å². The third kappa shape index (κ3) is 5.35. The number of pyridine rings is 1. The summed E-state index contributed by atoms with van der Waals surface area (Å²) in [5.41, 5.74) is 7.94. The number of hydrogen-bond acceptors (Lipinski definition) is 3. The summed E-state index contributed by atoms with van der Waals surface area (Å²) in [4.78, 5) is 15.8. The van der Waals surface area contributed by atoms with Crippen LogP contribution in [-0.4, -0.2) is 17.4 Å². The molecule has 0 fully saturated rings. The molecule has 0 bridgehead atoms. The summed E-state index contributed by atoms with van der Waals surface area (Å²) in [7, 11) is 0. The first-order chi connectivity index (χ1) is 7.04. The van der Waals surface area contributed by atoms with Crippen molar-refractivity contribution in [2.45, 2.75) is 20.8 Å².